The molecule has 0 heterocycles. The van der Waals surface area contributed by atoms with Crippen LogP contribution in [0.1, 0.15) is 16.7 Å². The lowest BCUT2D eigenvalue weighted by Crippen LogP contribution is -2.16. The van der Waals surface area contributed by atoms with Gasteiger partial charge in [-0.1, -0.05) is 41.6 Å². The number of hydrogen-bond acceptors (Lipinski definition) is 3. The van der Waals surface area contributed by atoms with Gasteiger partial charge in [-0.15, -0.1) is 0 Å². The zero-order chi connectivity index (χ0) is 14.5. The van der Waals surface area contributed by atoms with E-state index in [1.807, 2.05) is 0 Å². The van der Waals surface area contributed by atoms with Crippen LogP contribution in [-0.2, 0) is 6.61 Å². The van der Waals surface area contributed by atoms with E-state index < -0.39 is 0 Å². The summed E-state index contributed by atoms with van der Waals surface area (Å²) in [7, 11) is 0. The molecule has 0 fully saturated rings. The van der Waals surface area contributed by atoms with E-state index in [1.54, 1.807) is 49.4 Å². The van der Waals surface area contributed by atoms with Crippen LogP contribution in [0.2, 0.25) is 0 Å². The van der Waals surface area contributed by atoms with Crippen molar-refractivity contribution >= 4 is 5.84 Å². The van der Waals surface area contributed by atoms with Crippen LogP contribution in [0.5, 0.6) is 5.75 Å². The minimum Gasteiger partial charge on any atom is -0.486 e. The van der Waals surface area contributed by atoms with Gasteiger partial charge in [-0.3, -0.25) is 0 Å². The molecular formula is C15H15FN2O2. The molecule has 0 bridgehead atoms. The summed E-state index contributed by atoms with van der Waals surface area (Å²) in [5.74, 6) is -0.206. The standard InChI is InChI=1S/C15H15FN2O2/c1-10-5-4-8-13(14(10)16)20-9-11-6-2-3-7-12(11)15(17)18-19/h2-8,19H,9H2,1H3,(H2,17,18). The van der Waals surface area contributed by atoms with Crippen molar-refractivity contribution < 1.29 is 14.3 Å². The van der Waals surface area contributed by atoms with Crippen LogP contribution in [0, 0.1) is 12.7 Å². The van der Waals surface area contributed by atoms with Gasteiger partial charge in [0.05, 0.1) is 0 Å². The Morgan fingerprint density at radius 2 is 2.00 bits per heavy atom. The summed E-state index contributed by atoms with van der Waals surface area (Å²) in [5, 5.41) is 11.7. The fraction of sp³-hybridized carbons (Fsp3) is 0.133. The monoisotopic (exact) mass is 274 g/mol. The number of aryl methyl sites for hydroxylation is 1. The Balaban J connectivity index is 2.21. The number of benzene rings is 2. The van der Waals surface area contributed by atoms with Crippen LogP contribution < -0.4 is 10.5 Å². The zero-order valence-corrected chi connectivity index (χ0v) is 11.0. The Morgan fingerprint density at radius 3 is 2.75 bits per heavy atom. The summed E-state index contributed by atoms with van der Waals surface area (Å²) in [6.07, 6.45) is 0. The maximum absolute atomic E-state index is 13.8. The highest BCUT2D eigenvalue weighted by atomic mass is 19.1. The molecule has 20 heavy (non-hydrogen) atoms. The van der Waals surface area contributed by atoms with E-state index >= 15 is 0 Å². The normalized spacial score (nSPS) is 11.4. The van der Waals surface area contributed by atoms with Crippen molar-refractivity contribution in [1.29, 1.82) is 0 Å². The molecule has 0 aromatic heterocycles. The van der Waals surface area contributed by atoms with Crippen molar-refractivity contribution in [3.8, 4) is 5.75 Å². The first-order valence-electron chi connectivity index (χ1n) is 6.07. The molecule has 0 atom stereocenters. The second-order valence-electron chi connectivity index (χ2n) is 4.32. The predicted octanol–water partition coefficient (Wildman–Crippen LogP) is 2.81. The Hall–Kier alpha value is -2.56. The first-order valence-corrected chi connectivity index (χ1v) is 6.07. The van der Waals surface area contributed by atoms with Crippen molar-refractivity contribution in [1.82, 2.24) is 0 Å². The highest BCUT2D eigenvalue weighted by Gasteiger charge is 2.09. The molecule has 2 aromatic carbocycles. The van der Waals surface area contributed by atoms with Gasteiger partial charge in [0.25, 0.3) is 0 Å². The number of hydrogen-bond donors (Lipinski definition) is 2. The van der Waals surface area contributed by atoms with Crippen molar-refractivity contribution in [2.75, 3.05) is 0 Å². The van der Waals surface area contributed by atoms with E-state index in [9.17, 15) is 4.39 Å². The SMILES string of the molecule is Cc1cccc(OCc2ccccc2/C(N)=N/O)c1F. The average molecular weight is 274 g/mol. The lowest BCUT2D eigenvalue weighted by Gasteiger charge is -2.11. The molecule has 0 unspecified atom stereocenters. The fourth-order valence-electron chi connectivity index (χ4n) is 1.84. The maximum atomic E-state index is 13.8. The van der Waals surface area contributed by atoms with Crippen molar-refractivity contribution in [3.63, 3.8) is 0 Å². The smallest absolute Gasteiger partial charge is 0.170 e. The van der Waals surface area contributed by atoms with Gasteiger partial charge >= 0.3 is 0 Å². The van der Waals surface area contributed by atoms with Crippen LogP contribution in [0.15, 0.2) is 47.6 Å². The quantitative estimate of drug-likeness (QED) is 0.390. The van der Waals surface area contributed by atoms with Gasteiger partial charge in [0.1, 0.15) is 6.61 Å². The molecule has 0 radical (unpaired) electrons. The van der Waals surface area contributed by atoms with Gasteiger partial charge < -0.3 is 15.7 Å². The number of rotatable bonds is 4. The summed E-state index contributed by atoms with van der Waals surface area (Å²) in [6, 6.07) is 12.0. The van der Waals surface area contributed by atoms with E-state index in [4.69, 9.17) is 15.7 Å². The molecule has 0 amide bonds. The molecule has 0 aliphatic heterocycles. The second-order valence-corrected chi connectivity index (χ2v) is 4.32. The molecule has 0 saturated heterocycles. The van der Waals surface area contributed by atoms with Crippen molar-refractivity contribution in [2.45, 2.75) is 13.5 Å². The molecule has 0 saturated carbocycles. The van der Waals surface area contributed by atoms with Gasteiger partial charge in [0.15, 0.2) is 17.4 Å². The van der Waals surface area contributed by atoms with Crippen molar-refractivity contribution in [3.05, 3.63) is 65.0 Å². The molecule has 0 aliphatic rings. The second kappa shape index (κ2) is 6.06. The maximum Gasteiger partial charge on any atom is 0.170 e. The molecule has 3 N–H and O–H groups in total. The topological polar surface area (TPSA) is 67.8 Å². The predicted molar refractivity (Wildman–Crippen MR) is 74.4 cm³/mol. The first kappa shape index (κ1) is 13.9. The summed E-state index contributed by atoms with van der Waals surface area (Å²) in [4.78, 5) is 0. The minimum absolute atomic E-state index is 0.00564. The summed E-state index contributed by atoms with van der Waals surface area (Å²) in [5.41, 5.74) is 7.38. The van der Waals surface area contributed by atoms with Gasteiger partial charge in [-0.25, -0.2) is 4.39 Å². The first-order chi connectivity index (χ1) is 9.63. The fourth-order valence-corrected chi connectivity index (χ4v) is 1.84. The highest BCUT2D eigenvalue weighted by Crippen LogP contribution is 2.21. The Labute approximate surface area is 116 Å². The molecular weight excluding hydrogens is 259 g/mol. The molecule has 0 aliphatic carbocycles. The van der Waals surface area contributed by atoms with Crippen LogP contribution in [-0.4, -0.2) is 11.0 Å². The summed E-state index contributed by atoms with van der Waals surface area (Å²) >= 11 is 0. The largest absolute Gasteiger partial charge is 0.486 e. The van der Waals surface area contributed by atoms with Crippen LogP contribution >= 0.6 is 0 Å². The van der Waals surface area contributed by atoms with E-state index in [2.05, 4.69) is 5.16 Å². The van der Waals surface area contributed by atoms with Crippen LogP contribution in [0.25, 0.3) is 0 Å². The zero-order valence-electron chi connectivity index (χ0n) is 11.0. The van der Waals surface area contributed by atoms with E-state index in [0.29, 0.717) is 16.7 Å². The Kier molecular flexibility index (Phi) is 4.20. The lowest BCUT2D eigenvalue weighted by atomic mass is 10.1. The molecule has 0 spiro atoms. The highest BCUT2D eigenvalue weighted by molar-refractivity contribution is 5.98. The summed E-state index contributed by atoms with van der Waals surface area (Å²) in [6.45, 7) is 1.80. The molecule has 2 rings (SSSR count). The number of oxime groups is 1. The molecule has 5 heteroatoms. The molecule has 104 valence electrons. The van der Waals surface area contributed by atoms with Gasteiger partial charge in [0, 0.05) is 11.1 Å². The number of halogens is 1. The van der Waals surface area contributed by atoms with Gasteiger partial charge in [0.2, 0.25) is 0 Å². The lowest BCUT2D eigenvalue weighted by molar-refractivity contribution is 0.289. The van der Waals surface area contributed by atoms with E-state index in [1.165, 1.54) is 0 Å². The third-order valence-corrected chi connectivity index (χ3v) is 2.94. The molecule has 2 aromatic rings. The van der Waals surface area contributed by atoms with Gasteiger partial charge in [-0.2, -0.15) is 0 Å². The average Bonchev–Trinajstić information content (AvgIpc) is 2.48. The number of amidine groups is 1. The Morgan fingerprint density at radius 1 is 1.25 bits per heavy atom. The Bertz CT molecular complexity index is 642. The number of ether oxygens (including phenoxy) is 1. The third-order valence-electron chi connectivity index (χ3n) is 2.94. The van der Waals surface area contributed by atoms with Crippen LogP contribution in [0.3, 0.4) is 0 Å². The van der Waals surface area contributed by atoms with Gasteiger partial charge in [-0.05, 0) is 18.6 Å². The number of nitrogens with two attached hydrogens (primary N) is 1. The number of nitrogens with zero attached hydrogens (tertiary/aromatic N) is 1. The minimum atomic E-state index is -0.381. The van der Waals surface area contributed by atoms with E-state index in [0.717, 1.165) is 0 Å². The third kappa shape index (κ3) is 2.88. The summed E-state index contributed by atoms with van der Waals surface area (Å²) < 4.78 is 19.3. The van der Waals surface area contributed by atoms with Crippen LogP contribution in [0.4, 0.5) is 4.39 Å². The molecule has 4 nitrogen and oxygen atoms in total. The van der Waals surface area contributed by atoms with Crippen molar-refractivity contribution in [2.24, 2.45) is 10.9 Å². The van der Waals surface area contributed by atoms with E-state index in [-0.39, 0.29) is 24.0 Å².